The number of carbonyl (C=O) groups excluding carboxylic acids is 2. The summed E-state index contributed by atoms with van der Waals surface area (Å²) in [5.74, 6) is -0.831. The van der Waals surface area contributed by atoms with E-state index in [4.69, 9.17) is 16.3 Å². The fraction of sp³-hybridized carbons (Fsp3) is 0.391. The van der Waals surface area contributed by atoms with Crippen molar-refractivity contribution in [1.82, 2.24) is 4.31 Å². The summed E-state index contributed by atoms with van der Waals surface area (Å²) in [6.07, 6.45) is 2.63. The number of benzene rings is 2. The van der Waals surface area contributed by atoms with Gasteiger partial charge in [-0.15, -0.1) is 0 Å². The van der Waals surface area contributed by atoms with Gasteiger partial charge >= 0.3 is 5.97 Å². The third kappa shape index (κ3) is 6.09. The normalized spacial score (nSPS) is 15.3. The highest BCUT2D eigenvalue weighted by Gasteiger charge is 2.32. The Morgan fingerprint density at radius 1 is 1.06 bits per heavy atom. The van der Waals surface area contributed by atoms with Crippen LogP contribution in [0.2, 0.25) is 5.02 Å². The van der Waals surface area contributed by atoms with Crippen molar-refractivity contribution in [1.29, 1.82) is 0 Å². The highest BCUT2D eigenvalue weighted by molar-refractivity contribution is 7.89. The van der Waals surface area contributed by atoms with Gasteiger partial charge in [-0.25, -0.2) is 13.2 Å². The number of ether oxygens (including phenoxy) is 1. The highest BCUT2D eigenvalue weighted by Crippen LogP contribution is 2.25. The molecule has 1 fully saturated rings. The van der Waals surface area contributed by atoms with Gasteiger partial charge < -0.3 is 10.1 Å². The van der Waals surface area contributed by atoms with Crippen molar-refractivity contribution in [2.45, 2.75) is 37.5 Å². The summed E-state index contributed by atoms with van der Waals surface area (Å²) in [5.41, 5.74) is 1.01. The molecule has 0 spiro atoms. The third-order valence-electron chi connectivity index (χ3n) is 5.40. The van der Waals surface area contributed by atoms with E-state index in [1.165, 1.54) is 16.4 Å². The highest BCUT2D eigenvalue weighted by atomic mass is 35.5. The second kappa shape index (κ2) is 10.9. The molecule has 1 aliphatic heterocycles. The van der Waals surface area contributed by atoms with Crippen LogP contribution in [-0.2, 0) is 19.6 Å². The summed E-state index contributed by atoms with van der Waals surface area (Å²) in [6, 6.07) is 12.6. The first-order chi connectivity index (χ1) is 15.3. The number of hydrogen-bond donors (Lipinski definition) is 1. The van der Waals surface area contributed by atoms with E-state index < -0.39 is 10.0 Å². The molecule has 9 heteroatoms. The van der Waals surface area contributed by atoms with Crippen LogP contribution in [0.15, 0.2) is 53.4 Å². The number of hydrogen-bond acceptors (Lipinski definition) is 5. The fourth-order valence-corrected chi connectivity index (χ4v) is 5.04. The Kier molecular flexibility index (Phi) is 8.28. The predicted molar refractivity (Wildman–Crippen MR) is 123 cm³/mol. The first kappa shape index (κ1) is 24.2. The molecular weight excluding hydrogens is 452 g/mol. The van der Waals surface area contributed by atoms with Crippen LogP contribution in [0.25, 0.3) is 0 Å². The van der Waals surface area contributed by atoms with E-state index >= 15 is 0 Å². The molecule has 0 saturated carbocycles. The van der Waals surface area contributed by atoms with Crippen LogP contribution in [0.5, 0.6) is 0 Å². The first-order valence-electron chi connectivity index (χ1n) is 10.6. The number of sulfonamides is 1. The van der Waals surface area contributed by atoms with E-state index in [0.717, 1.165) is 12.8 Å². The predicted octanol–water partition coefficient (Wildman–Crippen LogP) is 4.34. The molecule has 0 atom stereocenters. The number of halogens is 1. The summed E-state index contributed by atoms with van der Waals surface area (Å²) < 4.78 is 32.1. The number of nitrogens with one attached hydrogen (secondary N) is 1. The van der Waals surface area contributed by atoms with Crippen molar-refractivity contribution in [3.8, 4) is 0 Å². The van der Waals surface area contributed by atoms with Gasteiger partial charge in [0.15, 0.2) is 0 Å². The minimum absolute atomic E-state index is 0.160. The average molecular weight is 479 g/mol. The lowest BCUT2D eigenvalue weighted by molar-refractivity contribution is -0.120. The molecule has 0 aromatic heterocycles. The quantitative estimate of drug-likeness (QED) is 0.450. The van der Waals surface area contributed by atoms with Crippen LogP contribution >= 0.6 is 11.6 Å². The Bertz CT molecular complexity index is 1030. The van der Waals surface area contributed by atoms with E-state index in [1.807, 2.05) is 6.92 Å². The van der Waals surface area contributed by atoms with Gasteiger partial charge in [0.2, 0.25) is 15.9 Å². The van der Waals surface area contributed by atoms with Gasteiger partial charge in [0, 0.05) is 29.7 Å². The molecule has 2 aromatic rings. The van der Waals surface area contributed by atoms with Crippen molar-refractivity contribution in [3.63, 3.8) is 0 Å². The van der Waals surface area contributed by atoms with E-state index in [0.29, 0.717) is 35.7 Å². The molecule has 0 radical (unpaired) electrons. The van der Waals surface area contributed by atoms with Crippen LogP contribution < -0.4 is 5.32 Å². The molecule has 1 amide bonds. The molecule has 7 nitrogen and oxygen atoms in total. The Morgan fingerprint density at radius 3 is 2.28 bits per heavy atom. The molecule has 3 rings (SSSR count). The number of amides is 1. The Morgan fingerprint density at radius 2 is 1.69 bits per heavy atom. The molecular formula is C23H27ClN2O5S. The average Bonchev–Trinajstić information content (AvgIpc) is 2.80. The topological polar surface area (TPSA) is 92.8 Å². The molecule has 1 N–H and O–H groups in total. The standard InChI is InChI=1S/C23H27ClN2O5S/c1-2-3-16-31-23(28)18-4-8-20(9-5-18)25-22(27)17-12-14-26(15-13-17)32(29,30)21-10-6-19(24)7-11-21/h4-11,17H,2-3,12-16H2,1H3,(H,25,27). The smallest absolute Gasteiger partial charge is 0.338 e. The zero-order valence-electron chi connectivity index (χ0n) is 17.9. The number of esters is 1. The van der Waals surface area contributed by atoms with Gasteiger partial charge in [-0.05, 0) is 67.8 Å². The van der Waals surface area contributed by atoms with Crippen LogP contribution in [0.4, 0.5) is 5.69 Å². The largest absolute Gasteiger partial charge is 0.462 e. The van der Waals surface area contributed by atoms with Crippen LogP contribution in [-0.4, -0.2) is 44.3 Å². The Balaban J connectivity index is 1.52. The van der Waals surface area contributed by atoms with Gasteiger partial charge in [-0.3, -0.25) is 4.79 Å². The van der Waals surface area contributed by atoms with Gasteiger partial charge in [0.05, 0.1) is 17.1 Å². The lowest BCUT2D eigenvalue weighted by atomic mass is 9.97. The van der Waals surface area contributed by atoms with Crippen LogP contribution in [0.3, 0.4) is 0 Å². The second-order valence-electron chi connectivity index (χ2n) is 7.69. The minimum Gasteiger partial charge on any atom is -0.462 e. The number of piperidine rings is 1. The fourth-order valence-electron chi connectivity index (χ4n) is 3.44. The first-order valence-corrected chi connectivity index (χ1v) is 12.5. The lowest BCUT2D eigenvalue weighted by Gasteiger charge is -2.30. The number of anilines is 1. The number of rotatable bonds is 8. The molecule has 32 heavy (non-hydrogen) atoms. The zero-order chi connectivity index (χ0) is 23.1. The molecule has 172 valence electrons. The number of nitrogens with zero attached hydrogens (tertiary/aromatic N) is 1. The van der Waals surface area contributed by atoms with E-state index in [9.17, 15) is 18.0 Å². The minimum atomic E-state index is -3.61. The maximum Gasteiger partial charge on any atom is 0.338 e. The Labute approximate surface area is 193 Å². The second-order valence-corrected chi connectivity index (χ2v) is 10.1. The van der Waals surface area contributed by atoms with Crippen molar-refractivity contribution in [2.24, 2.45) is 5.92 Å². The van der Waals surface area contributed by atoms with Crippen molar-refractivity contribution in [2.75, 3.05) is 25.0 Å². The molecule has 0 unspecified atom stereocenters. The Hall–Kier alpha value is -2.42. The van der Waals surface area contributed by atoms with Gasteiger partial charge in [0.1, 0.15) is 0 Å². The number of carbonyl (C=O) groups is 2. The molecule has 1 heterocycles. The maximum absolute atomic E-state index is 12.8. The van der Waals surface area contributed by atoms with E-state index in [2.05, 4.69) is 5.32 Å². The zero-order valence-corrected chi connectivity index (χ0v) is 19.5. The SMILES string of the molecule is CCCCOC(=O)c1ccc(NC(=O)C2CCN(S(=O)(=O)c3ccc(Cl)cc3)CC2)cc1. The van der Waals surface area contributed by atoms with Crippen molar-refractivity contribution in [3.05, 3.63) is 59.1 Å². The summed E-state index contributed by atoms with van der Waals surface area (Å²) in [6.45, 7) is 2.95. The summed E-state index contributed by atoms with van der Waals surface area (Å²) in [5, 5.41) is 3.32. The molecule has 1 aliphatic rings. The molecule has 0 aliphatic carbocycles. The third-order valence-corrected chi connectivity index (χ3v) is 7.56. The summed E-state index contributed by atoms with van der Waals surface area (Å²) >= 11 is 5.84. The van der Waals surface area contributed by atoms with Gasteiger partial charge in [0.25, 0.3) is 0 Å². The van der Waals surface area contributed by atoms with E-state index in [1.54, 1.807) is 36.4 Å². The van der Waals surface area contributed by atoms with Crippen LogP contribution in [0.1, 0.15) is 43.0 Å². The van der Waals surface area contributed by atoms with Crippen molar-refractivity contribution >= 4 is 39.2 Å². The molecule has 1 saturated heterocycles. The lowest BCUT2D eigenvalue weighted by Crippen LogP contribution is -2.41. The maximum atomic E-state index is 12.8. The van der Waals surface area contributed by atoms with Crippen LogP contribution in [0, 0.1) is 5.92 Å². The van der Waals surface area contributed by atoms with Gasteiger partial charge in [-0.1, -0.05) is 24.9 Å². The number of unbranched alkanes of at least 4 members (excludes halogenated alkanes) is 1. The van der Waals surface area contributed by atoms with E-state index in [-0.39, 0.29) is 35.8 Å². The molecule has 0 bridgehead atoms. The monoisotopic (exact) mass is 478 g/mol. The summed E-state index contributed by atoms with van der Waals surface area (Å²) in [7, 11) is -3.61. The molecule has 2 aromatic carbocycles. The van der Waals surface area contributed by atoms with Crippen molar-refractivity contribution < 1.29 is 22.7 Å². The summed E-state index contributed by atoms with van der Waals surface area (Å²) in [4.78, 5) is 24.8. The van der Waals surface area contributed by atoms with Gasteiger partial charge in [-0.2, -0.15) is 4.31 Å².